The fourth-order valence-electron chi connectivity index (χ4n) is 3.05. The van der Waals surface area contributed by atoms with Crippen LogP contribution in [-0.4, -0.2) is 38.6 Å². The number of amides is 1. The van der Waals surface area contributed by atoms with E-state index in [1.807, 2.05) is 4.90 Å². The highest BCUT2D eigenvalue weighted by Crippen LogP contribution is 2.38. The topological polar surface area (TPSA) is 61.2 Å². The standard InChI is InChI=1S/C10H18N2O2S/c1-9(13)12-6-2-4-10(12)5-3-7-15(11,14)8-10/h11H,2-8H2,1H3. The summed E-state index contributed by atoms with van der Waals surface area (Å²) in [6.45, 7) is 2.36. The Labute approximate surface area is 91.0 Å². The van der Waals surface area contributed by atoms with E-state index in [0.29, 0.717) is 11.5 Å². The highest BCUT2D eigenvalue weighted by atomic mass is 32.2. The molecule has 2 atom stereocenters. The fourth-order valence-corrected chi connectivity index (χ4v) is 5.12. The quantitative estimate of drug-likeness (QED) is 0.680. The van der Waals surface area contributed by atoms with Gasteiger partial charge in [-0.3, -0.25) is 9.57 Å². The zero-order valence-corrected chi connectivity index (χ0v) is 9.94. The van der Waals surface area contributed by atoms with Gasteiger partial charge in [0.2, 0.25) is 5.91 Å². The summed E-state index contributed by atoms with van der Waals surface area (Å²) in [6.07, 6.45) is 3.69. The molecule has 1 N–H and O–H groups in total. The number of likely N-dealkylation sites (tertiary alicyclic amines) is 1. The predicted octanol–water partition coefficient (Wildman–Crippen LogP) is 1.21. The summed E-state index contributed by atoms with van der Waals surface area (Å²) in [4.78, 5) is 13.4. The van der Waals surface area contributed by atoms with Crippen LogP contribution in [0.1, 0.15) is 32.6 Å². The molecule has 2 aliphatic rings. The van der Waals surface area contributed by atoms with Crippen LogP contribution in [0, 0.1) is 4.78 Å². The lowest BCUT2D eigenvalue weighted by molar-refractivity contribution is -0.132. The van der Waals surface area contributed by atoms with E-state index in [9.17, 15) is 9.00 Å². The molecule has 0 aliphatic carbocycles. The summed E-state index contributed by atoms with van der Waals surface area (Å²) in [5.74, 6) is 0.990. The second-order valence-corrected chi connectivity index (χ2v) is 7.08. The SMILES string of the molecule is CC(=O)N1CCCC12CCCS(=N)(=O)C2. The molecule has 4 nitrogen and oxygen atoms in total. The fraction of sp³-hybridized carbons (Fsp3) is 0.900. The number of carbonyl (C=O) groups excluding carboxylic acids is 1. The minimum absolute atomic E-state index is 0.0737. The van der Waals surface area contributed by atoms with Gasteiger partial charge in [0.25, 0.3) is 0 Å². The molecule has 15 heavy (non-hydrogen) atoms. The third-order valence-electron chi connectivity index (χ3n) is 3.59. The van der Waals surface area contributed by atoms with E-state index in [-0.39, 0.29) is 11.4 Å². The van der Waals surface area contributed by atoms with Crippen molar-refractivity contribution in [2.45, 2.75) is 38.1 Å². The van der Waals surface area contributed by atoms with Crippen LogP contribution in [0.3, 0.4) is 0 Å². The maximum absolute atomic E-state index is 11.9. The van der Waals surface area contributed by atoms with Crippen molar-refractivity contribution in [2.24, 2.45) is 0 Å². The molecule has 2 aliphatic heterocycles. The van der Waals surface area contributed by atoms with Gasteiger partial charge in [0, 0.05) is 29.0 Å². The van der Waals surface area contributed by atoms with Gasteiger partial charge in [-0.15, -0.1) is 0 Å². The second-order valence-electron chi connectivity index (χ2n) is 4.76. The molecule has 86 valence electrons. The molecule has 0 radical (unpaired) electrons. The van der Waals surface area contributed by atoms with Gasteiger partial charge in [0.1, 0.15) is 0 Å². The van der Waals surface area contributed by atoms with Gasteiger partial charge < -0.3 is 4.90 Å². The van der Waals surface area contributed by atoms with Gasteiger partial charge in [0.15, 0.2) is 0 Å². The van der Waals surface area contributed by atoms with Crippen LogP contribution in [0.2, 0.25) is 0 Å². The van der Waals surface area contributed by atoms with Crippen molar-refractivity contribution in [3.8, 4) is 0 Å². The molecular weight excluding hydrogens is 212 g/mol. The number of carbonyl (C=O) groups is 1. The van der Waals surface area contributed by atoms with Crippen molar-refractivity contribution >= 4 is 15.6 Å². The summed E-state index contributed by atoms with van der Waals surface area (Å²) in [7, 11) is -2.43. The molecule has 0 bridgehead atoms. The van der Waals surface area contributed by atoms with Gasteiger partial charge in [-0.1, -0.05) is 0 Å². The lowest BCUT2D eigenvalue weighted by Gasteiger charge is -2.41. The van der Waals surface area contributed by atoms with Crippen LogP contribution in [-0.2, 0) is 14.5 Å². The van der Waals surface area contributed by atoms with Crippen molar-refractivity contribution in [3.05, 3.63) is 0 Å². The van der Waals surface area contributed by atoms with E-state index >= 15 is 0 Å². The minimum Gasteiger partial charge on any atom is -0.336 e. The predicted molar refractivity (Wildman–Crippen MR) is 59.2 cm³/mol. The normalized spacial score (nSPS) is 41.0. The first-order chi connectivity index (χ1) is 6.95. The Morgan fingerprint density at radius 2 is 2.07 bits per heavy atom. The van der Waals surface area contributed by atoms with Gasteiger partial charge in [-0.05, 0) is 25.7 Å². The Morgan fingerprint density at radius 1 is 1.40 bits per heavy atom. The second kappa shape index (κ2) is 3.47. The molecule has 2 rings (SSSR count). The van der Waals surface area contributed by atoms with Crippen molar-refractivity contribution < 1.29 is 9.00 Å². The number of rotatable bonds is 0. The molecule has 0 aromatic heterocycles. The molecule has 5 heteroatoms. The molecule has 2 heterocycles. The first-order valence-electron chi connectivity index (χ1n) is 5.48. The zero-order chi connectivity index (χ0) is 11.1. The smallest absolute Gasteiger partial charge is 0.219 e. The monoisotopic (exact) mass is 230 g/mol. The van der Waals surface area contributed by atoms with E-state index in [2.05, 4.69) is 0 Å². The third-order valence-corrected chi connectivity index (χ3v) is 5.55. The van der Waals surface area contributed by atoms with Crippen LogP contribution < -0.4 is 0 Å². The summed E-state index contributed by atoms with van der Waals surface area (Å²) >= 11 is 0. The zero-order valence-electron chi connectivity index (χ0n) is 9.12. The Bertz CT molecular complexity index is 377. The van der Waals surface area contributed by atoms with E-state index in [1.54, 1.807) is 6.92 Å². The Morgan fingerprint density at radius 3 is 2.67 bits per heavy atom. The molecule has 2 fully saturated rings. The van der Waals surface area contributed by atoms with Crippen molar-refractivity contribution in [1.29, 1.82) is 4.78 Å². The molecule has 1 spiro atoms. The van der Waals surface area contributed by atoms with Crippen molar-refractivity contribution in [3.63, 3.8) is 0 Å². The summed E-state index contributed by atoms with van der Waals surface area (Å²) < 4.78 is 19.6. The van der Waals surface area contributed by atoms with Crippen LogP contribution in [0.25, 0.3) is 0 Å². The summed E-state index contributed by atoms with van der Waals surface area (Å²) in [6, 6.07) is 0. The molecule has 2 saturated heterocycles. The Kier molecular flexibility index (Phi) is 2.53. The van der Waals surface area contributed by atoms with Gasteiger partial charge in [-0.25, -0.2) is 4.21 Å². The molecule has 0 aromatic carbocycles. The molecule has 0 aromatic rings. The van der Waals surface area contributed by atoms with Gasteiger partial charge in [0.05, 0.1) is 11.3 Å². The largest absolute Gasteiger partial charge is 0.336 e. The van der Waals surface area contributed by atoms with E-state index in [0.717, 1.165) is 32.2 Å². The lowest BCUT2D eigenvalue weighted by atomic mass is 9.92. The van der Waals surface area contributed by atoms with E-state index < -0.39 is 9.73 Å². The lowest BCUT2D eigenvalue weighted by Crippen LogP contribution is -2.53. The van der Waals surface area contributed by atoms with Crippen LogP contribution in [0.15, 0.2) is 0 Å². The number of nitrogens with zero attached hydrogens (tertiary/aromatic N) is 1. The van der Waals surface area contributed by atoms with Crippen LogP contribution in [0.5, 0.6) is 0 Å². The highest BCUT2D eigenvalue weighted by Gasteiger charge is 2.46. The first-order valence-corrected chi connectivity index (χ1v) is 7.37. The number of nitrogens with one attached hydrogen (secondary N) is 1. The van der Waals surface area contributed by atoms with Crippen molar-refractivity contribution in [1.82, 2.24) is 4.90 Å². The highest BCUT2D eigenvalue weighted by molar-refractivity contribution is 7.92. The van der Waals surface area contributed by atoms with E-state index in [4.69, 9.17) is 4.78 Å². The maximum Gasteiger partial charge on any atom is 0.219 e. The number of hydrogen-bond acceptors (Lipinski definition) is 3. The summed E-state index contributed by atoms with van der Waals surface area (Å²) in [5.41, 5.74) is -0.233. The maximum atomic E-state index is 11.9. The summed E-state index contributed by atoms with van der Waals surface area (Å²) in [5, 5.41) is 0. The Hall–Kier alpha value is -0.580. The molecule has 1 amide bonds. The van der Waals surface area contributed by atoms with Gasteiger partial charge in [-0.2, -0.15) is 0 Å². The molecule has 2 unspecified atom stereocenters. The molecule has 0 saturated carbocycles. The number of hydrogen-bond donors (Lipinski definition) is 1. The average Bonchev–Trinajstić information content (AvgIpc) is 2.45. The first kappa shape index (κ1) is 10.9. The van der Waals surface area contributed by atoms with E-state index in [1.165, 1.54) is 0 Å². The van der Waals surface area contributed by atoms with Gasteiger partial charge >= 0.3 is 0 Å². The van der Waals surface area contributed by atoms with Crippen LogP contribution >= 0.6 is 0 Å². The average molecular weight is 230 g/mol. The third kappa shape index (κ3) is 1.89. The molecular formula is C10H18N2O2S. The van der Waals surface area contributed by atoms with Crippen molar-refractivity contribution in [2.75, 3.05) is 18.1 Å². The Balaban J connectivity index is 2.28. The van der Waals surface area contributed by atoms with Crippen LogP contribution in [0.4, 0.5) is 0 Å². The minimum atomic E-state index is -2.43.